The molecule has 0 atom stereocenters. The van der Waals surface area contributed by atoms with Gasteiger partial charge in [0.2, 0.25) is 0 Å². The Morgan fingerprint density at radius 2 is 1.25 bits per heavy atom. The Hall–Kier alpha value is 2.90. The van der Waals surface area contributed by atoms with E-state index in [0.717, 1.165) is 20.2 Å². The Morgan fingerprint density at radius 1 is 0.938 bits per heavy atom. The van der Waals surface area contributed by atoms with Crippen molar-refractivity contribution in [1.29, 1.82) is 0 Å². The normalized spacial score (nSPS) is 40.2. The van der Waals surface area contributed by atoms with E-state index in [9.17, 15) is 24.1 Å². The number of hydrogen-bond acceptors (Lipinski definition) is 12. The predicted octanol–water partition coefficient (Wildman–Crippen LogP) is 2.62. The van der Waals surface area contributed by atoms with Crippen molar-refractivity contribution in [2.24, 2.45) is 0 Å². The number of hydrogen-bond donors (Lipinski definition) is 4. The molecule has 2 fully saturated rings. The van der Waals surface area contributed by atoms with Crippen molar-refractivity contribution in [3.05, 3.63) is 0 Å². The molecule has 0 saturated carbocycles. The Morgan fingerprint density at radius 3 is 1.44 bits per heavy atom. The average molecular weight is 449 g/mol. The van der Waals surface area contributed by atoms with E-state index in [1.54, 1.807) is 0 Å². The summed E-state index contributed by atoms with van der Waals surface area (Å²) in [6.07, 6.45) is 0. The topological polar surface area (TPSA) is 126 Å². The first kappa shape index (κ1) is 15.3. The molecule has 0 aromatic heterocycles. The van der Waals surface area contributed by atoms with Gasteiger partial charge in [0.15, 0.2) is 0 Å². The summed E-state index contributed by atoms with van der Waals surface area (Å²) in [4.78, 5) is 37.8. The fraction of sp³-hybridized carbons (Fsp3) is 0. The zero-order valence-electron chi connectivity index (χ0n) is 6.80. The molecule has 97 valence electrons. The second-order valence-electron chi connectivity index (χ2n) is 2.59. The van der Waals surface area contributed by atoms with Crippen LogP contribution in [0.15, 0.2) is 0 Å². The molecule has 0 spiro atoms. The molecule has 16 heteroatoms. The Labute approximate surface area is 116 Å². The minimum absolute atomic E-state index is 0.603. The zero-order chi connectivity index (χ0) is 12.3. The molecule has 0 amide bonds. The summed E-state index contributed by atoms with van der Waals surface area (Å²) < 4.78 is 25.2. The van der Waals surface area contributed by atoms with E-state index in [2.05, 4.69) is 11.8 Å². The summed E-state index contributed by atoms with van der Waals surface area (Å²) >= 11 is 0.866. The molecular formula is H4MoO8P3S4. The predicted molar refractivity (Wildman–Crippen MR) is 63.9 cm³/mol. The van der Waals surface area contributed by atoms with Gasteiger partial charge in [-0.05, 0) is 0 Å². The third kappa shape index (κ3) is 3.72. The van der Waals surface area contributed by atoms with E-state index in [0.29, 0.717) is 41.7 Å². The summed E-state index contributed by atoms with van der Waals surface area (Å²) in [5.74, 6) is 0. The fourth-order valence-corrected chi connectivity index (χ4v) is 19.3. The van der Waals surface area contributed by atoms with Crippen molar-refractivity contribution in [2.45, 2.75) is 0 Å². The van der Waals surface area contributed by atoms with Gasteiger partial charge in [0, 0.05) is 0 Å². The van der Waals surface area contributed by atoms with Crippen molar-refractivity contribution in [2.75, 3.05) is 0 Å². The Bertz CT molecular complexity index is 347. The van der Waals surface area contributed by atoms with Crippen molar-refractivity contribution in [3.8, 4) is 0 Å². The third-order valence-corrected chi connectivity index (χ3v) is 22.8. The van der Waals surface area contributed by atoms with Crippen LogP contribution in [0, 0.1) is 0 Å². The van der Waals surface area contributed by atoms with Crippen LogP contribution >= 0.6 is 60.9 Å². The molecule has 0 unspecified atom stereocenters. The van der Waals surface area contributed by atoms with Gasteiger partial charge in [-0.15, -0.1) is 0 Å². The molecule has 0 aliphatic carbocycles. The maximum atomic E-state index is 11.8. The average Bonchev–Trinajstić information content (AvgIpc) is 2.92. The standard InChI is InChI=1S/Mo.H5O8P3S4/c;1-9(2,7-10(3,4)12-13-10)8-11(5,6)14-15-11/h;3-6H,(H,1,2)/q+1;/p-1. The summed E-state index contributed by atoms with van der Waals surface area (Å²) in [6, 6.07) is 0. The Balaban J connectivity index is 2.12. The molecule has 2 saturated heterocycles. The van der Waals surface area contributed by atoms with E-state index in [1.807, 2.05) is 0 Å². The first-order valence-corrected chi connectivity index (χ1v) is 16.2. The van der Waals surface area contributed by atoms with E-state index >= 15 is 0 Å². The molecule has 0 aromatic carbocycles. The fourth-order valence-electron chi connectivity index (χ4n) is 0.526. The SMILES string of the molecule is O=P([O][Mo])(OP1(O)(O)SS1)OP1(O)(O)SS1. The second-order valence-corrected chi connectivity index (χ2v) is 26.3. The molecule has 2 rings (SSSR count). The molecule has 8 nitrogen and oxygen atoms in total. The van der Waals surface area contributed by atoms with Gasteiger partial charge in [-0.3, -0.25) is 0 Å². The quantitative estimate of drug-likeness (QED) is 0.213. The second kappa shape index (κ2) is 3.97. The van der Waals surface area contributed by atoms with Gasteiger partial charge < -0.3 is 0 Å². The van der Waals surface area contributed by atoms with Gasteiger partial charge in [-0.25, -0.2) is 0 Å². The van der Waals surface area contributed by atoms with Crippen LogP contribution in [0.3, 0.4) is 0 Å². The van der Waals surface area contributed by atoms with Crippen LogP contribution in [0.1, 0.15) is 0 Å². The van der Waals surface area contributed by atoms with Crippen LogP contribution in [0.4, 0.5) is 0 Å². The van der Waals surface area contributed by atoms with E-state index in [4.69, 9.17) is 0 Å². The van der Waals surface area contributed by atoms with Crippen molar-refractivity contribution < 1.29 is 56.1 Å². The summed E-state index contributed by atoms with van der Waals surface area (Å²) in [5.41, 5.74) is -9.06. The minimum atomic E-state index is -4.53. The van der Waals surface area contributed by atoms with Crippen LogP contribution in [0.5, 0.6) is 0 Å². The van der Waals surface area contributed by atoms with Crippen molar-refractivity contribution >= 4 is 60.9 Å². The molecule has 0 aromatic rings. The molecule has 2 aliphatic heterocycles. The molecular weight excluding hydrogens is 445 g/mol. The molecule has 2 heterocycles. The van der Waals surface area contributed by atoms with Gasteiger partial charge in [0.05, 0.1) is 0 Å². The van der Waals surface area contributed by atoms with Gasteiger partial charge in [0.1, 0.15) is 0 Å². The van der Waals surface area contributed by atoms with E-state index in [-0.39, 0.29) is 0 Å². The maximum absolute atomic E-state index is 11.8. The van der Waals surface area contributed by atoms with E-state index < -0.39 is 19.2 Å². The van der Waals surface area contributed by atoms with Gasteiger partial charge in [-0.1, -0.05) is 0 Å². The van der Waals surface area contributed by atoms with Crippen LogP contribution in [0.25, 0.3) is 0 Å². The molecule has 16 heavy (non-hydrogen) atoms. The van der Waals surface area contributed by atoms with Gasteiger partial charge in [0.25, 0.3) is 0 Å². The van der Waals surface area contributed by atoms with Crippen LogP contribution in [-0.2, 0) is 36.6 Å². The Kier molecular flexibility index (Phi) is 3.79. The van der Waals surface area contributed by atoms with Crippen molar-refractivity contribution in [3.63, 3.8) is 0 Å². The van der Waals surface area contributed by atoms with Gasteiger partial charge in [-0.2, -0.15) is 0 Å². The molecule has 2 aliphatic rings. The van der Waals surface area contributed by atoms with Crippen molar-refractivity contribution in [1.82, 2.24) is 0 Å². The summed E-state index contributed by atoms with van der Waals surface area (Å²) in [6.45, 7) is 0. The third-order valence-electron chi connectivity index (χ3n) is 1.11. The molecule has 0 radical (unpaired) electrons. The zero-order valence-corrected chi connectivity index (χ0v) is 14.8. The summed E-state index contributed by atoms with van der Waals surface area (Å²) in [7, 11) is -2.00. The number of rotatable bonds is 5. The molecule has 0 bridgehead atoms. The van der Waals surface area contributed by atoms with E-state index in [1.165, 1.54) is 0 Å². The first-order valence-electron chi connectivity index (χ1n) is 3.13. The van der Waals surface area contributed by atoms with Crippen LogP contribution in [0.2, 0.25) is 0 Å². The first-order chi connectivity index (χ1) is 6.95. The molecule has 4 N–H and O–H groups in total. The van der Waals surface area contributed by atoms with Crippen LogP contribution < -0.4 is 0 Å². The van der Waals surface area contributed by atoms with Gasteiger partial charge >= 0.3 is 117 Å². The van der Waals surface area contributed by atoms with Crippen LogP contribution in [-0.4, -0.2) is 19.6 Å². The number of phosphoric acid groups is 1. The summed E-state index contributed by atoms with van der Waals surface area (Å²) in [5, 5.41) is 0. The monoisotopic (exact) mass is 451 g/mol.